The van der Waals surface area contributed by atoms with Gasteiger partial charge < -0.3 is 18.9 Å². The molecule has 0 saturated carbocycles. The fourth-order valence-corrected chi connectivity index (χ4v) is 4.96. The summed E-state index contributed by atoms with van der Waals surface area (Å²) >= 11 is 0. The molecule has 0 heterocycles. The van der Waals surface area contributed by atoms with Gasteiger partial charge in [-0.15, -0.1) is 0 Å². The standard InChI is InChI=1S/C38H47F3O6/c1-3-5-6-7-8-9-10-12-28-45-33-23-19-30(20-24-33)29-15-17-31(18-16-29)36(42)46-34-25-21-32(22-26-34)37(43)47-35(38(39,40)41)14-11-13-27-44-4-2/h15-26,35H,3-14,27-28H2,1-2H3. The predicted octanol–water partition coefficient (Wildman–Crippen LogP) is 10.4. The minimum Gasteiger partial charge on any atom is -0.494 e. The van der Waals surface area contributed by atoms with Crippen molar-refractivity contribution in [1.82, 2.24) is 0 Å². The number of carbonyl (C=O) groups is 2. The normalized spacial score (nSPS) is 12.0. The number of hydrogen-bond acceptors (Lipinski definition) is 6. The van der Waals surface area contributed by atoms with Gasteiger partial charge >= 0.3 is 18.1 Å². The molecule has 6 nitrogen and oxygen atoms in total. The number of esters is 2. The Bertz CT molecular complexity index is 1320. The molecular formula is C38H47F3O6. The van der Waals surface area contributed by atoms with Crippen LogP contribution in [-0.2, 0) is 9.47 Å². The van der Waals surface area contributed by atoms with E-state index in [1.807, 2.05) is 36.4 Å². The van der Waals surface area contributed by atoms with Gasteiger partial charge in [0.25, 0.3) is 0 Å². The number of hydrogen-bond donors (Lipinski definition) is 0. The number of alkyl halides is 3. The van der Waals surface area contributed by atoms with Gasteiger partial charge in [0.1, 0.15) is 11.5 Å². The Morgan fingerprint density at radius 3 is 1.72 bits per heavy atom. The summed E-state index contributed by atoms with van der Waals surface area (Å²) in [6, 6.07) is 20.0. The number of halogens is 3. The van der Waals surface area contributed by atoms with Crippen LogP contribution in [-0.4, -0.2) is 44.0 Å². The molecule has 0 aliphatic carbocycles. The molecule has 3 aromatic rings. The Balaban J connectivity index is 1.44. The molecule has 1 unspecified atom stereocenters. The molecule has 0 aliphatic rings. The first-order chi connectivity index (χ1) is 22.7. The summed E-state index contributed by atoms with van der Waals surface area (Å²) in [5.41, 5.74) is 2.14. The summed E-state index contributed by atoms with van der Waals surface area (Å²) in [4.78, 5) is 25.1. The molecule has 0 saturated heterocycles. The van der Waals surface area contributed by atoms with Crippen LogP contribution in [0.3, 0.4) is 0 Å². The minimum absolute atomic E-state index is 0.0812. The van der Waals surface area contributed by atoms with Gasteiger partial charge in [0.2, 0.25) is 0 Å². The summed E-state index contributed by atoms with van der Waals surface area (Å²) in [5, 5.41) is 0. The van der Waals surface area contributed by atoms with Gasteiger partial charge in [-0.25, -0.2) is 9.59 Å². The Labute approximate surface area is 276 Å². The zero-order chi connectivity index (χ0) is 33.9. The second-order valence-electron chi connectivity index (χ2n) is 11.5. The average molecular weight is 657 g/mol. The first-order valence-electron chi connectivity index (χ1n) is 16.7. The van der Waals surface area contributed by atoms with Crippen LogP contribution in [0.1, 0.15) is 105 Å². The van der Waals surface area contributed by atoms with Crippen molar-refractivity contribution in [3.8, 4) is 22.6 Å². The molecule has 256 valence electrons. The van der Waals surface area contributed by atoms with Crippen molar-refractivity contribution >= 4 is 11.9 Å². The molecule has 0 N–H and O–H groups in total. The summed E-state index contributed by atoms with van der Waals surface area (Å²) in [5.74, 6) is -0.749. The maximum Gasteiger partial charge on any atom is 0.425 e. The van der Waals surface area contributed by atoms with E-state index in [0.29, 0.717) is 31.8 Å². The first kappa shape index (κ1) is 37.6. The van der Waals surface area contributed by atoms with Crippen molar-refractivity contribution in [2.24, 2.45) is 0 Å². The van der Waals surface area contributed by atoms with Gasteiger partial charge in [-0.3, -0.25) is 0 Å². The van der Waals surface area contributed by atoms with E-state index >= 15 is 0 Å². The average Bonchev–Trinajstić information content (AvgIpc) is 3.07. The van der Waals surface area contributed by atoms with Crippen molar-refractivity contribution in [2.75, 3.05) is 19.8 Å². The van der Waals surface area contributed by atoms with Crippen LogP contribution in [0.15, 0.2) is 72.8 Å². The third kappa shape index (κ3) is 13.8. The number of benzene rings is 3. The Hall–Kier alpha value is -3.85. The zero-order valence-corrected chi connectivity index (χ0v) is 27.5. The Morgan fingerprint density at radius 2 is 1.13 bits per heavy atom. The summed E-state index contributed by atoms with van der Waals surface area (Å²) in [7, 11) is 0. The van der Waals surface area contributed by atoms with E-state index in [2.05, 4.69) is 6.92 Å². The third-order valence-corrected chi connectivity index (χ3v) is 7.70. The summed E-state index contributed by atoms with van der Waals surface area (Å²) < 4.78 is 61.4. The number of rotatable bonds is 21. The summed E-state index contributed by atoms with van der Waals surface area (Å²) in [6.07, 6.45) is 3.41. The quantitative estimate of drug-likeness (QED) is 0.0646. The topological polar surface area (TPSA) is 71.1 Å². The molecule has 0 aromatic heterocycles. The molecule has 0 radical (unpaired) electrons. The van der Waals surface area contributed by atoms with E-state index < -0.39 is 24.2 Å². The molecule has 0 aliphatic heterocycles. The van der Waals surface area contributed by atoms with E-state index in [1.54, 1.807) is 19.1 Å². The van der Waals surface area contributed by atoms with Crippen LogP contribution < -0.4 is 9.47 Å². The molecule has 3 rings (SSSR count). The lowest BCUT2D eigenvalue weighted by Gasteiger charge is -2.20. The SMILES string of the molecule is CCCCCCCCCCOc1ccc(-c2ccc(C(=O)Oc3ccc(C(=O)OC(CCCCOCC)C(F)(F)F)cc3)cc2)cc1. The summed E-state index contributed by atoms with van der Waals surface area (Å²) in [6.45, 7) is 5.57. The second-order valence-corrected chi connectivity index (χ2v) is 11.5. The number of carbonyl (C=O) groups excluding carboxylic acids is 2. The lowest BCUT2D eigenvalue weighted by molar-refractivity contribution is -0.206. The molecule has 47 heavy (non-hydrogen) atoms. The molecular weight excluding hydrogens is 609 g/mol. The highest BCUT2D eigenvalue weighted by molar-refractivity contribution is 5.92. The van der Waals surface area contributed by atoms with Crippen molar-refractivity contribution in [3.63, 3.8) is 0 Å². The van der Waals surface area contributed by atoms with Crippen molar-refractivity contribution in [3.05, 3.63) is 83.9 Å². The van der Waals surface area contributed by atoms with Crippen LogP contribution in [0.2, 0.25) is 0 Å². The smallest absolute Gasteiger partial charge is 0.425 e. The molecule has 3 aromatic carbocycles. The van der Waals surface area contributed by atoms with E-state index in [4.69, 9.17) is 18.9 Å². The lowest BCUT2D eigenvalue weighted by atomic mass is 10.0. The van der Waals surface area contributed by atoms with Crippen LogP contribution >= 0.6 is 0 Å². The highest BCUT2D eigenvalue weighted by Gasteiger charge is 2.42. The lowest BCUT2D eigenvalue weighted by Crippen LogP contribution is -2.34. The van der Waals surface area contributed by atoms with E-state index in [-0.39, 0.29) is 24.2 Å². The maximum absolute atomic E-state index is 13.4. The molecule has 1 atom stereocenters. The Morgan fingerprint density at radius 1 is 0.617 bits per heavy atom. The van der Waals surface area contributed by atoms with Crippen molar-refractivity contribution < 1.29 is 41.7 Å². The van der Waals surface area contributed by atoms with E-state index in [0.717, 1.165) is 23.3 Å². The molecule has 0 amide bonds. The zero-order valence-electron chi connectivity index (χ0n) is 27.5. The molecule has 0 spiro atoms. The van der Waals surface area contributed by atoms with Crippen molar-refractivity contribution in [1.29, 1.82) is 0 Å². The largest absolute Gasteiger partial charge is 0.494 e. The van der Waals surface area contributed by atoms with Gasteiger partial charge in [0, 0.05) is 13.2 Å². The number of ether oxygens (including phenoxy) is 4. The van der Waals surface area contributed by atoms with Gasteiger partial charge in [-0.05, 0) is 92.3 Å². The maximum atomic E-state index is 13.4. The van der Waals surface area contributed by atoms with Crippen LogP contribution in [0.5, 0.6) is 11.5 Å². The Kier molecular flexibility index (Phi) is 16.3. The van der Waals surface area contributed by atoms with E-state index in [1.165, 1.54) is 69.2 Å². The van der Waals surface area contributed by atoms with Gasteiger partial charge in [-0.1, -0.05) is 76.1 Å². The fourth-order valence-electron chi connectivity index (χ4n) is 4.96. The molecule has 0 fully saturated rings. The van der Waals surface area contributed by atoms with Gasteiger partial charge in [0.05, 0.1) is 17.7 Å². The van der Waals surface area contributed by atoms with Crippen molar-refractivity contribution in [2.45, 2.75) is 96.8 Å². The first-order valence-corrected chi connectivity index (χ1v) is 16.7. The predicted molar refractivity (Wildman–Crippen MR) is 177 cm³/mol. The number of unbranched alkanes of at least 4 members (excludes halogenated alkanes) is 8. The van der Waals surface area contributed by atoms with Crippen LogP contribution in [0.4, 0.5) is 13.2 Å². The molecule has 9 heteroatoms. The second kappa shape index (κ2) is 20.4. The third-order valence-electron chi connectivity index (χ3n) is 7.70. The highest BCUT2D eigenvalue weighted by Crippen LogP contribution is 2.28. The fraction of sp³-hybridized carbons (Fsp3) is 0.474. The van der Waals surface area contributed by atoms with Gasteiger partial charge in [-0.2, -0.15) is 13.2 Å². The minimum atomic E-state index is -4.68. The van der Waals surface area contributed by atoms with Crippen LogP contribution in [0, 0.1) is 0 Å². The van der Waals surface area contributed by atoms with Crippen LogP contribution in [0.25, 0.3) is 11.1 Å². The monoisotopic (exact) mass is 656 g/mol. The van der Waals surface area contributed by atoms with Gasteiger partial charge in [0.15, 0.2) is 6.10 Å². The van der Waals surface area contributed by atoms with E-state index in [9.17, 15) is 22.8 Å². The molecule has 0 bridgehead atoms. The highest BCUT2D eigenvalue weighted by atomic mass is 19.4.